The van der Waals surface area contributed by atoms with Crippen LogP contribution in [0.5, 0.6) is 0 Å². The molecule has 0 saturated heterocycles. The summed E-state index contributed by atoms with van der Waals surface area (Å²) in [5.41, 5.74) is 7.73. The summed E-state index contributed by atoms with van der Waals surface area (Å²) in [5.74, 6) is 0.794. The van der Waals surface area contributed by atoms with E-state index >= 15 is 0 Å². The van der Waals surface area contributed by atoms with Crippen LogP contribution in [0.25, 0.3) is 6.08 Å². The summed E-state index contributed by atoms with van der Waals surface area (Å²) in [6, 6.07) is 12.0. The van der Waals surface area contributed by atoms with Crippen LogP contribution in [-0.4, -0.2) is 6.61 Å². The van der Waals surface area contributed by atoms with Crippen LogP contribution < -0.4 is 5.73 Å². The maximum Gasteiger partial charge on any atom is 0.122 e. The molecule has 2 N–H and O–H groups in total. The van der Waals surface area contributed by atoms with Crippen LogP contribution in [0.15, 0.2) is 53.2 Å². The minimum atomic E-state index is 0.408. The molecule has 0 atom stereocenters. The molecule has 0 spiro atoms. The molecule has 0 aliphatic carbocycles. The van der Waals surface area contributed by atoms with Gasteiger partial charge in [-0.1, -0.05) is 42.5 Å². The number of furan rings is 1. The summed E-state index contributed by atoms with van der Waals surface area (Å²) >= 11 is 0. The third-order valence-electron chi connectivity index (χ3n) is 2.60. The quantitative estimate of drug-likeness (QED) is 0.793. The average Bonchev–Trinajstić information content (AvgIpc) is 2.87. The second kappa shape index (κ2) is 6.79. The van der Waals surface area contributed by atoms with Crippen molar-refractivity contribution in [1.82, 2.24) is 0 Å². The predicted molar refractivity (Wildman–Crippen MR) is 71.7 cm³/mol. The van der Waals surface area contributed by atoms with Gasteiger partial charge in [-0.25, -0.2) is 0 Å². The number of benzene rings is 1. The predicted octanol–water partition coefficient (Wildman–Crippen LogP) is 2.97. The van der Waals surface area contributed by atoms with E-state index in [1.54, 1.807) is 6.26 Å². The van der Waals surface area contributed by atoms with Crippen molar-refractivity contribution in [2.75, 3.05) is 6.61 Å². The molecule has 0 fully saturated rings. The van der Waals surface area contributed by atoms with E-state index in [0.29, 0.717) is 19.8 Å². The Balaban J connectivity index is 1.75. The van der Waals surface area contributed by atoms with Crippen molar-refractivity contribution in [2.45, 2.75) is 13.2 Å². The van der Waals surface area contributed by atoms with Crippen LogP contribution in [-0.2, 0) is 17.9 Å². The second-order valence-corrected chi connectivity index (χ2v) is 3.90. The molecule has 0 amide bonds. The number of rotatable bonds is 6. The molecule has 0 bridgehead atoms. The lowest BCUT2D eigenvalue weighted by molar-refractivity contribution is 0.147. The van der Waals surface area contributed by atoms with Crippen LogP contribution >= 0.6 is 0 Å². The standard InChI is InChI=1S/C15H17NO2/c16-11-15-14(8-10-18-15)12-17-9-4-7-13-5-2-1-3-6-13/h1-8,10H,9,11-12,16H2. The molecule has 0 unspecified atom stereocenters. The lowest BCUT2D eigenvalue weighted by atomic mass is 10.2. The first-order valence-corrected chi connectivity index (χ1v) is 5.95. The van der Waals surface area contributed by atoms with Gasteiger partial charge in [-0.2, -0.15) is 0 Å². The van der Waals surface area contributed by atoms with Gasteiger partial charge in [-0.05, 0) is 11.6 Å². The third-order valence-corrected chi connectivity index (χ3v) is 2.60. The van der Waals surface area contributed by atoms with E-state index in [9.17, 15) is 0 Å². The summed E-state index contributed by atoms with van der Waals surface area (Å²) in [5, 5.41) is 0. The number of hydrogen-bond acceptors (Lipinski definition) is 3. The largest absolute Gasteiger partial charge is 0.468 e. The van der Waals surface area contributed by atoms with Gasteiger partial charge in [0.05, 0.1) is 26.0 Å². The van der Waals surface area contributed by atoms with E-state index in [-0.39, 0.29) is 0 Å². The van der Waals surface area contributed by atoms with Crippen molar-refractivity contribution in [3.05, 3.63) is 65.6 Å². The molecular formula is C15H17NO2. The van der Waals surface area contributed by atoms with Crippen LogP contribution in [0, 0.1) is 0 Å². The normalized spacial score (nSPS) is 11.2. The fraction of sp³-hybridized carbons (Fsp3) is 0.200. The molecule has 0 radical (unpaired) electrons. The highest BCUT2D eigenvalue weighted by atomic mass is 16.5. The number of ether oxygens (including phenoxy) is 1. The summed E-state index contributed by atoms with van der Waals surface area (Å²) in [6.07, 6.45) is 5.68. The first-order chi connectivity index (χ1) is 8.90. The fourth-order valence-corrected chi connectivity index (χ4v) is 1.66. The molecule has 0 aliphatic heterocycles. The second-order valence-electron chi connectivity index (χ2n) is 3.90. The fourth-order valence-electron chi connectivity index (χ4n) is 1.66. The Labute approximate surface area is 107 Å². The van der Waals surface area contributed by atoms with Gasteiger partial charge in [0, 0.05) is 5.56 Å². The van der Waals surface area contributed by atoms with E-state index in [4.69, 9.17) is 14.9 Å². The minimum Gasteiger partial charge on any atom is -0.468 e. The highest BCUT2D eigenvalue weighted by Gasteiger charge is 2.03. The zero-order chi connectivity index (χ0) is 12.6. The Morgan fingerprint density at radius 1 is 1.17 bits per heavy atom. The number of nitrogens with two attached hydrogens (primary N) is 1. The Hall–Kier alpha value is -1.84. The van der Waals surface area contributed by atoms with E-state index < -0.39 is 0 Å². The molecule has 2 rings (SSSR count). The van der Waals surface area contributed by atoms with Gasteiger partial charge in [0.2, 0.25) is 0 Å². The van der Waals surface area contributed by atoms with E-state index in [1.165, 1.54) is 5.56 Å². The lowest BCUT2D eigenvalue weighted by Crippen LogP contribution is -2.00. The van der Waals surface area contributed by atoms with E-state index in [2.05, 4.69) is 12.1 Å². The van der Waals surface area contributed by atoms with Crippen molar-refractivity contribution in [1.29, 1.82) is 0 Å². The molecule has 1 aromatic heterocycles. The zero-order valence-electron chi connectivity index (χ0n) is 10.2. The number of hydrogen-bond donors (Lipinski definition) is 1. The molecule has 3 heteroatoms. The van der Waals surface area contributed by atoms with Gasteiger partial charge >= 0.3 is 0 Å². The summed E-state index contributed by atoms with van der Waals surface area (Å²) < 4.78 is 10.8. The van der Waals surface area contributed by atoms with Crippen molar-refractivity contribution in [2.24, 2.45) is 5.73 Å². The maximum absolute atomic E-state index is 5.54. The minimum absolute atomic E-state index is 0.408. The Morgan fingerprint density at radius 3 is 2.78 bits per heavy atom. The summed E-state index contributed by atoms with van der Waals surface area (Å²) in [6.45, 7) is 1.51. The van der Waals surface area contributed by atoms with Crippen LogP contribution in [0.1, 0.15) is 16.9 Å². The van der Waals surface area contributed by atoms with Crippen molar-refractivity contribution in [3.63, 3.8) is 0 Å². The highest BCUT2D eigenvalue weighted by Crippen LogP contribution is 2.10. The van der Waals surface area contributed by atoms with Gasteiger partial charge in [0.25, 0.3) is 0 Å². The summed E-state index contributed by atoms with van der Waals surface area (Å²) in [4.78, 5) is 0. The monoisotopic (exact) mass is 243 g/mol. The van der Waals surface area contributed by atoms with Crippen molar-refractivity contribution < 1.29 is 9.15 Å². The van der Waals surface area contributed by atoms with Crippen LogP contribution in [0.4, 0.5) is 0 Å². The Kier molecular flexibility index (Phi) is 4.76. The van der Waals surface area contributed by atoms with Crippen LogP contribution in [0.2, 0.25) is 0 Å². The SMILES string of the molecule is NCc1occc1COCC=Cc1ccccc1. The van der Waals surface area contributed by atoms with Gasteiger partial charge in [0.15, 0.2) is 0 Å². The molecule has 18 heavy (non-hydrogen) atoms. The molecule has 94 valence electrons. The molecule has 1 aromatic carbocycles. The topological polar surface area (TPSA) is 48.4 Å². The lowest BCUT2D eigenvalue weighted by Gasteiger charge is -2.00. The molecular weight excluding hydrogens is 226 g/mol. The third kappa shape index (κ3) is 3.58. The smallest absolute Gasteiger partial charge is 0.122 e. The summed E-state index contributed by atoms with van der Waals surface area (Å²) in [7, 11) is 0. The molecule has 1 heterocycles. The highest BCUT2D eigenvalue weighted by molar-refractivity contribution is 5.48. The first-order valence-electron chi connectivity index (χ1n) is 5.95. The molecule has 3 nitrogen and oxygen atoms in total. The van der Waals surface area contributed by atoms with E-state index in [1.807, 2.05) is 36.4 Å². The molecule has 0 saturated carbocycles. The Morgan fingerprint density at radius 2 is 2.00 bits per heavy atom. The Bertz CT molecular complexity index is 488. The van der Waals surface area contributed by atoms with Gasteiger partial charge < -0.3 is 14.9 Å². The van der Waals surface area contributed by atoms with Crippen molar-refractivity contribution >= 4 is 6.08 Å². The average molecular weight is 243 g/mol. The molecule has 0 aliphatic rings. The van der Waals surface area contributed by atoms with Gasteiger partial charge in [-0.15, -0.1) is 0 Å². The maximum atomic E-state index is 5.54. The van der Waals surface area contributed by atoms with Gasteiger partial charge in [-0.3, -0.25) is 0 Å². The van der Waals surface area contributed by atoms with Crippen LogP contribution in [0.3, 0.4) is 0 Å². The first kappa shape index (κ1) is 12.6. The molecule has 2 aromatic rings. The zero-order valence-corrected chi connectivity index (χ0v) is 10.2. The van der Waals surface area contributed by atoms with Crippen molar-refractivity contribution in [3.8, 4) is 0 Å². The van der Waals surface area contributed by atoms with Gasteiger partial charge in [0.1, 0.15) is 5.76 Å². The van der Waals surface area contributed by atoms with E-state index in [0.717, 1.165) is 11.3 Å².